The van der Waals surface area contributed by atoms with Crippen LogP contribution in [0.1, 0.15) is 38.4 Å². The van der Waals surface area contributed by atoms with Crippen LogP contribution in [0.15, 0.2) is 23.8 Å². The van der Waals surface area contributed by atoms with Crippen LogP contribution < -0.4 is 14.2 Å². The third-order valence-corrected chi connectivity index (χ3v) is 5.66. The summed E-state index contributed by atoms with van der Waals surface area (Å²) in [6.07, 6.45) is 1.36. The number of hydrogen-bond acceptors (Lipinski definition) is 6. The Balaban J connectivity index is 2.04. The Morgan fingerprint density at radius 3 is 2.27 bits per heavy atom. The number of hydrogen-bond donors (Lipinski definition) is 2. The molecule has 1 aromatic carbocycles. The average molecular weight is 364 g/mol. The van der Waals surface area contributed by atoms with Crippen LogP contribution in [0.4, 0.5) is 0 Å². The molecule has 6 nitrogen and oxygen atoms in total. The van der Waals surface area contributed by atoms with Gasteiger partial charge in [-0.05, 0) is 25.8 Å². The molecule has 1 saturated heterocycles. The van der Waals surface area contributed by atoms with Gasteiger partial charge in [0.1, 0.15) is 23.4 Å². The van der Waals surface area contributed by atoms with Gasteiger partial charge < -0.3 is 29.2 Å². The fourth-order valence-corrected chi connectivity index (χ4v) is 4.11. The minimum atomic E-state index is -0.984. The Kier molecular flexibility index (Phi) is 5.19. The summed E-state index contributed by atoms with van der Waals surface area (Å²) in [5.74, 6) is 1.59. The summed E-state index contributed by atoms with van der Waals surface area (Å²) in [6.45, 7) is 3.70. The van der Waals surface area contributed by atoms with Crippen LogP contribution >= 0.6 is 0 Å². The zero-order chi connectivity index (χ0) is 19.1. The summed E-state index contributed by atoms with van der Waals surface area (Å²) < 4.78 is 22.7. The normalized spacial score (nSPS) is 33.9. The van der Waals surface area contributed by atoms with Crippen LogP contribution in [0.5, 0.6) is 17.2 Å². The van der Waals surface area contributed by atoms with Crippen LogP contribution in [0.2, 0.25) is 0 Å². The van der Waals surface area contributed by atoms with Crippen molar-refractivity contribution in [2.45, 2.75) is 50.6 Å². The third-order valence-electron chi connectivity index (χ3n) is 5.66. The summed E-state index contributed by atoms with van der Waals surface area (Å²) in [5, 5.41) is 21.7. The second-order valence-corrected chi connectivity index (χ2v) is 7.33. The Hall–Kier alpha value is -1.76. The number of methoxy groups -OCH3 is 3. The lowest BCUT2D eigenvalue weighted by Crippen LogP contribution is -2.55. The summed E-state index contributed by atoms with van der Waals surface area (Å²) in [4.78, 5) is 0. The molecule has 0 radical (unpaired) electrons. The van der Waals surface area contributed by atoms with Gasteiger partial charge in [0, 0.05) is 24.5 Å². The highest BCUT2D eigenvalue weighted by molar-refractivity contribution is 5.52. The lowest BCUT2D eigenvalue weighted by Gasteiger charge is -2.49. The van der Waals surface area contributed by atoms with Crippen molar-refractivity contribution in [1.82, 2.24) is 0 Å². The van der Waals surface area contributed by atoms with E-state index in [2.05, 4.69) is 0 Å². The van der Waals surface area contributed by atoms with E-state index in [1.807, 2.05) is 19.9 Å². The molecule has 3 rings (SSSR count). The highest BCUT2D eigenvalue weighted by atomic mass is 16.5. The first kappa shape index (κ1) is 19.0. The summed E-state index contributed by atoms with van der Waals surface area (Å²) >= 11 is 0. The van der Waals surface area contributed by atoms with E-state index in [9.17, 15) is 10.2 Å². The fourth-order valence-electron chi connectivity index (χ4n) is 4.11. The molecule has 0 saturated carbocycles. The number of ether oxygens (including phenoxy) is 4. The quantitative estimate of drug-likeness (QED) is 0.800. The minimum absolute atomic E-state index is 0.160. The van der Waals surface area contributed by atoms with E-state index < -0.39 is 23.9 Å². The molecule has 0 aromatic heterocycles. The number of aliphatic hydroxyl groups is 2. The SMILES string of the molecule is COc1cc(OC)c(C2CC(C)(O)[C@@H]3CC=C(C)[C@@H](O)[C@@H]3O2)c(OC)c1. The van der Waals surface area contributed by atoms with Crippen molar-refractivity contribution in [1.29, 1.82) is 0 Å². The van der Waals surface area contributed by atoms with E-state index >= 15 is 0 Å². The van der Waals surface area contributed by atoms with Gasteiger partial charge in [0.2, 0.25) is 0 Å². The van der Waals surface area contributed by atoms with Crippen molar-refractivity contribution in [3.8, 4) is 17.2 Å². The van der Waals surface area contributed by atoms with Crippen molar-refractivity contribution in [3.63, 3.8) is 0 Å². The lowest BCUT2D eigenvalue weighted by molar-refractivity contribution is -0.207. The lowest BCUT2D eigenvalue weighted by atomic mass is 9.70. The maximum Gasteiger partial charge on any atom is 0.132 e. The predicted molar refractivity (Wildman–Crippen MR) is 96.8 cm³/mol. The highest BCUT2D eigenvalue weighted by Gasteiger charge is 2.50. The first-order valence-electron chi connectivity index (χ1n) is 8.84. The van der Waals surface area contributed by atoms with E-state index in [0.717, 1.165) is 5.57 Å². The van der Waals surface area contributed by atoms with E-state index in [1.54, 1.807) is 33.5 Å². The van der Waals surface area contributed by atoms with Gasteiger partial charge >= 0.3 is 0 Å². The number of aliphatic hydroxyl groups excluding tert-OH is 1. The van der Waals surface area contributed by atoms with Gasteiger partial charge in [0.15, 0.2) is 0 Å². The van der Waals surface area contributed by atoms with Crippen molar-refractivity contribution >= 4 is 0 Å². The van der Waals surface area contributed by atoms with Gasteiger partial charge in [-0.15, -0.1) is 0 Å². The molecule has 5 atom stereocenters. The smallest absolute Gasteiger partial charge is 0.132 e. The fraction of sp³-hybridized carbons (Fsp3) is 0.600. The van der Waals surface area contributed by atoms with Gasteiger partial charge in [-0.3, -0.25) is 0 Å². The first-order valence-corrected chi connectivity index (χ1v) is 8.84. The highest BCUT2D eigenvalue weighted by Crippen LogP contribution is 2.50. The van der Waals surface area contributed by atoms with Crippen LogP contribution in [0.25, 0.3) is 0 Å². The third kappa shape index (κ3) is 3.17. The summed E-state index contributed by atoms with van der Waals surface area (Å²) in [5.41, 5.74) is 0.604. The van der Waals surface area contributed by atoms with Gasteiger partial charge in [-0.25, -0.2) is 0 Å². The molecular weight excluding hydrogens is 336 g/mol. The minimum Gasteiger partial charge on any atom is -0.496 e. The molecule has 1 aliphatic heterocycles. The van der Waals surface area contributed by atoms with Crippen LogP contribution in [0.3, 0.4) is 0 Å². The number of rotatable bonds is 4. The van der Waals surface area contributed by atoms with Crippen LogP contribution in [0, 0.1) is 5.92 Å². The Labute approximate surface area is 154 Å². The maximum atomic E-state index is 11.1. The average Bonchev–Trinajstić information content (AvgIpc) is 2.62. The van der Waals surface area contributed by atoms with Crippen LogP contribution in [-0.4, -0.2) is 49.4 Å². The number of allylic oxidation sites excluding steroid dienone is 1. The van der Waals surface area contributed by atoms with Crippen LogP contribution in [-0.2, 0) is 4.74 Å². The maximum absolute atomic E-state index is 11.1. The molecule has 144 valence electrons. The van der Waals surface area contributed by atoms with Crippen molar-refractivity contribution in [2.75, 3.05) is 21.3 Å². The zero-order valence-electron chi connectivity index (χ0n) is 16.0. The molecular formula is C20H28O6. The first-order chi connectivity index (χ1) is 12.3. The predicted octanol–water partition coefficient (Wildman–Crippen LogP) is 2.62. The van der Waals surface area contributed by atoms with Crippen molar-refractivity contribution < 1.29 is 29.2 Å². The van der Waals surface area contributed by atoms with Gasteiger partial charge in [0.25, 0.3) is 0 Å². The van der Waals surface area contributed by atoms with Crippen molar-refractivity contribution in [3.05, 3.63) is 29.3 Å². The molecule has 2 N–H and O–H groups in total. The second kappa shape index (κ2) is 7.10. The van der Waals surface area contributed by atoms with E-state index in [4.69, 9.17) is 18.9 Å². The van der Waals surface area contributed by atoms with E-state index in [-0.39, 0.29) is 5.92 Å². The molecule has 0 spiro atoms. The molecule has 1 aliphatic carbocycles. The molecule has 2 aliphatic rings. The number of benzene rings is 1. The van der Waals surface area contributed by atoms with Gasteiger partial charge in [0.05, 0.1) is 44.7 Å². The molecule has 0 bridgehead atoms. The zero-order valence-corrected chi connectivity index (χ0v) is 16.0. The van der Waals surface area contributed by atoms with E-state index in [0.29, 0.717) is 35.7 Å². The molecule has 1 heterocycles. The number of fused-ring (bicyclic) bond motifs is 1. The Morgan fingerprint density at radius 2 is 1.73 bits per heavy atom. The molecule has 1 fully saturated rings. The molecule has 2 unspecified atom stereocenters. The molecule has 26 heavy (non-hydrogen) atoms. The Bertz CT molecular complexity index is 671. The topological polar surface area (TPSA) is 77.4 Å². The second-order valence-electron chi connectivity index (χ2n) is 7.33. The Morgan fingerprint density at radius 1 is 1.12 bits per heavy atom. The summed E-state index contributed by atoms with van der Waals surface area (Å²) in [6, 6.07) is 3.54. The van der Waals surface area contributed by atoms with E-state index in [1.165, 1.54) is 0 Å². The van der Waals surface area contributed by atoms with Crippen molar-refractivity contribution in [2.24, 2.45) is 5.92 Å². The van der Waals surface area contributed by atoms with Gasteiger partial charge in [-0.1, -0.05) is 6.08 Å². The molecule has 6 heteroatoms. The monoisotopic (exact) mass is 364 g/mol. The standard InChI is InChI=1S/C20H28O6/c1-11-6-7-13-19(18(11)21)26-16(10-20(13,2)22)17-14(24-4)8-12(23-3)9-15(17)25-5/h6,8-9,13,16,18-19,21-22H,7,10H2,1-5H3/t13-,16?,18-,19-,20?/m1/s1. The molecule has 1 aromatic rings. The largest absolute Gasteiger partial charge is 0.496 e. The molecule has 0 amide bonds. The van der Waals surface area contributed by atoms with Gasteiger partial charge in [-0.2, -0.15) is 0 Å². The summed E-state index contributed by atoms with van der Waals surface area (Å²) in [7, 11) is 4.72.